The number of halogens is 4. The molecular weight excluding hydrogens is 787 g/mol. The van der Waals surface area contributed by atoms with Gasteiger partial charge in [0.15, 0.2) is 17.7 Å². The van der Waals surface area contributed by atoms with Gasteiger partial charge in [-0.25, -0.2) is 9.59 Å². The zero-order valence-corrected chi connectivity index (χ0v) is 33.5. The van der Waals surface area contributed by atoms with Gasteiger partial charge in [0.25, 0.3) is 5.91 Å². The van der Waals surface area contributed by atoms with Gasteiger partial charge in [-0.05, 0) is 126 Å². The van der Waals surface area contributed by atoms with E-state index in [1.165, 1.54) is 42.5 Å². The molecule has 0 aliphatic heterocycles. The van der Waals surface area contributed by atoms with E-state index in [-0.39, 0.29) is 75.1 Å². The highest BCUT2D eigenvalue weighted by atomic mass is 35.5. The van der Waals surface area contributed by atoms with Crippen molar-refractivity contribution in [2.45, 2.75) is 109 Å². The number of carbonyl (C=O) groups excluding carboxylic acids is 3. The van der Waals surface area contributed by atoms with Crippen molar-refractivity contribution in [2.75, 3.05) is 13.2 Å². The van der Waals surface area contributed by atoms with Gasteiger partial charge in [-0.1, -0.05) is 29.3 Å². The number of carbonyl (C=O) groups is 3. The Morgan fingerprint density at radius 1 is 0.842 bits per heavy atom. The topological polar surface area (TPSA) is 148 Å². The molecule has 0 spiro atoms. The zero-order chi connectivity index (χ0) is 40.9. The second kappa shape index (κ2) is 18.4. The highest BCUT2D eigenvalue weighted by molar-refractivity contribution is 6.34. The molecule has 6 rings (SSSR count). The number of aromatic nitrogens is 1. The number of nitrogens with one attached hydrogen (secondary N) is 2. The van der Waals surface area contributed by atoms with Crippen LogP contribution in [0.1, 0.15) is 110 Å². The summed E-state index contributed by atoms with van der Waals surface area (Å²) in [5.41, 5.74) is 0.0634. The van der Waals surface area contributed by atoms with Gasteiger partial charge in [0.2, 0.25) is 5.69 Å². The number of esters is 1. The minimum Gasteiger partial charge on any atom is -0.618 e. The van der Waals surface area contributed by atoms with Crippen LogP contribution in [0.15, 0.2) is 48.7 Å². The van der Waals surface area contributed by atoms with Crippen LogP contribution in [0.4, 0.5) is 13.6 Å². The van der Waals surface area contributed by atoms with Gasteiger partial charge in [-0.2, -0.15) is 13.5 Å². The number of pyridine rings is 1. The molecule has 12 nitrogen and oxygen atoms in total. The molecule has 3 fully saturated rings. The summed E-state index contributed by atoms with van der Waals surface area (Å²) in [7, 11) is 0. The maximum Gasteiger partial charge on any atom is 0.407 e. The molecule has 57 heavy (non-hydrogen) atoms. The summed E-state index contributed by atoms with van der Waals surface area (Å²) in [6.45, 7) is 2.94. The lowest BCUT2D eigenvalue weighted by atomic mass is 9.91. The molecule has 1 unspecified atom stereocenters. The third-order valence-corrected chi connectivity index (χ3v) is 10.4. The van der Waals surface area contributed by atoms with Crippen molar-refractivity contribution in [3.63, 3.8) is 0 Å². The number of alkyl halides is 2. The molecule has 0 radical (unpaired) electrons. The van der Waals surface area contributed by atoms with E-state index in [1.807, 2.05) is 0 Å². The fourth-order valence-electron chi connectivity index (χ4n) is 6.42. The first-order chi connectivity index (χ1) is 27.1. The predicted molar refractivity (Wildman–Crippen MR) is 206 cm³/mol. The fraction of sp³-hybridized carbons (Fsp3) is 0.512. The highest BCUT2D eigenvalue weighted by Crippen LogP contribution is 2.38. The Bertz CT molecular complexity index is 1910. The van der Waals surface area contributed by atoms with E-state index in [1.54, 1.807) is 20.8 Å². The summed E-state index contributed by atoms with van der Waals surface area (Å²) in [5.74, 6) is -0.521. The van der Waals surface area contributed by atoms with Crippen LogP contribution in [0.2, 0.25) is 10.0 Å². The summed E-state index contributed by atoms with van der Waals surface area (Å²) >= 11 is 12.5. The molecule has 2 aromatic carbocycles. The van der Waals surface area contributed by atoms with Crippen molar-refractivity contribution in [2.24, 2.45) is 11.8 Å². The summed E-state index contributed by atoms with van der Waals surface area (Å²) in [4.78, 5) is 39.8. The molecule has 1 atom stereocenters. The number of amides is 2. The fourth-order valence-corrected chi connectivity index (χ4v) is 6.95. The van der Waals surface area contributed by atoms with Crippen LogP contribution in [-0.2, 0) is 15.9 Å². The molecule has 1 aromatic heterocycles. The zero-order valence-electron chi connectivity index (χ0n) is 32.0. The number of alkyl carbamates (subject to hydrolysis) is 1. The molecule has 3 aromatic rings. The second-order valence-electron chi connectivity index (χ2n) is 15.8. The van der Waals surface area contributed by atoms with Gasteiger partial charge in [-0.3, -0.25) is 4.79 Å². The molecule has 1 heterocycles. The van der Waals surface area contributed by atoms with Crippen molar-refractivity contribution in [3.8, 4) is 17.2 Å². The van der Waals surface area contributed by atoms with Crippen molar-refractivity contribution < 1.29 is 51.6 Å². The van der Waals surface area contributed by atoms with Crippen LogP contribution in [0.3, 0.4) is 0 Å². The lowest BCUT2D eigenvalue weighted by Gasteiger charge is -2.30. The minimum atomic E-state index is -3.11. The van der Waals surface area contributed by atoms with Crippen molar-refractivity contribution >= 4 is 41.2 Å². The molecule has 3 saturated carbocycles. The van der Waals surface area contributed by atoms with Gasteiger partial charge >= 0.3 is 18.7 Å². The molecule has 0 saturated heterocycles. The Kier molecular flexibility index (Phi) is 13.5. The van der Waals surface area contributed by atoms with E-state index < -0.39 is 30.4 Å². The maximum absolute atomic E-state index is 13.9. The number of rotatable bonds is 16. The van der Waals surface area contributed by atoms with Crippen molar-refractivity contribution in [3.05, 3.63) is 86.3 Å². The van der Waals surface area contributed by atoms with Crippen LogP contribution in [0, 0.1) is 17.0 Å². The Morgan fingerprint density at radius 2 is 1.47 bits per heavy atom. The minimum absolute atomic E-state index is 0.0249. The molecule has 16 heteroatoms. The van der Waals surface area contributed by atoms with Gasteiger partial charge in [0.1, 0.15) is 27.5 Å². The van der Waals surface area contributed by atoms with E-state index in [2.05, 4.69) is 10.6 Å². The number of benzene rings is 2. The summed E-state index contributed by atoms with van der Waals surface area (Å²) in [5, 5.41) is 19.0. The predicted octanol–water partition coefficient (Wildman–Crippen LogP) is 8.51. The smallest absolute Gasteiger partial charge is 0.407 e. The van der Waals surface area contributed by atoms with E-state index in [0.717, 1.165) is 31.9 Å². The molecule has 2 N–H and O–H groups in total. The SMILES string of the molecule is CC(C)(C)OC(=O)NC1CCC(NC(=O)c2ccc(C(=O)OC(Cc3c(Cl)cc(Cl)c[n+]3[O-])c3ccc(OC(F)F)c(OCC4CC4)c3)cc2OCC2CC2)CC1. The number of nitrogens with zero attached hydrogens (tertiary/aromatic N) is 1. The van der Waals surface area contributed by atoms with Gasteiger partial charge in [-0.15, -0.1) is 0 Å². The van der Waals surface area contributed by atoms with Crippen LogP contribution in [0.5, 0.6) is 17.2 Å². The van der Waals surface area contributed by atoms with E-state index in [4.69, 9.17) is 46.9 Å². The Labute approximate surface area is 340 Å². The lowest BCUT2D eigenvalue weighted by molar-refractivity contribution is -0.614. The standard InChI is InChI=1S/C41H47Cl2F2N3O9/c1-41(2,3)57-40(51)47-29-12-10-28(11-13-29)46-37(49)30-14-8-26(17-35(30)53-21-23-4-5-23)38(50)55-34(19-32-31(43)18-27(42)20-48(32)52)25-9-15-33(56-39(44)45)36(16-25)54-22-24-6-7-24/h8-9,14-18,20,23-24,28-29,34,39H,4-7,10-13,19,21-22H2,1-3H3,(H,46,49)(H,47,51). The van der Waals surface area contributed by atoms with Gasteiger partial charge in [0, 0.05) is 12.1 Å². The van der Waals surface area contributed by atoms with Crippen LogP contribution < -0.4 is 29.6 Å². The average Bonchev–Trinajstić information content (AvgIpc) is 4.07. The average molecular weight is 835 g/mol. The van der Waals surface area contributed by atoms with Crippen molar-refractivity contribution in [1.82, 2.24) is 10.6 Å². The molecule has 3 aliphatic carbocycles. The normalized spacial score (nSPS) is 18.7. The summed E-state index contributed by atoms with van der Waals surface area (Å²) in [6, 6.07) is 9.75. The Hall–Kier alpha value is -4.56. The van der Waals surface area contributed by atoms with Gasteiger partial charge in [0.05, 0.1) is 30.8 Å². The van der Waals surface area contributed by atoms with E-state index >= 15 is 0 Å². The molecule has 0 bridgehead atoms. The summed E-state index contributed by atoms with van der Waals surface area (Å²) in [6.07, 6.45) is 5.74. The molecule has 308 valence electrons. The third kappa shape index (κ3) is 12.5. The second-order valence-corrected chi connectivity index (χ2v) is 16.7. The first kappa shape index (κ1) is 42.1. The molecule has 3 aliphatic rings. The number of hydrogen-bond donors (Lipinski definition) is 2. The summed E-state index contributed by atoms with van der Waals surface area (Å²) < 4.78 is 55.2. The number of ether oxygens (including phenoxy) is 5. The van der Waals surface area contributed by atoms with E-state index in [9.17, 15) is 28.4 Å². The van der Waals surface area contributed by atoms with Crippen LogP contribution in [-0.4, -0.2) is 55.5 Å². The van der Waals surface area contributed by atoms with Crippen molar-refractivity contribution in [1.29, 1.82) is 0 Å². The highest BCUT2D eigenvalue weighted by Gasteiger charge is 2.31. The van der Waals surface area contributed by atoms with Gasteiger partial charge < -0.3 is 39.5 Å². The number of hydrogen-bond acceptors (Lipinski definition) is 9. The van der Waals surface area contributed by atoms with E-state index in [0.29, 0.717) is 54.4 Å². The Balaban J connectivity index is 1.20. The first-order valence-corrected chi connectivity index (χ1v) is 19.9. The lowest BCUT2D eigenvalue weighted by Crippen LogP contribution is -2.45. The maximum atomic E-state index is 13.9. The molecular formula is C41H47Cl2F2N3O9. The quantitative estimate of drug-likeness (QED) is 0.0823. The largest absolute Gasteiger partial charge is 0.618 e. The first-order valence-electron chi connectivity index (χ1n) is 19.2. The van der Waals surface area contributed by atoms with Crippen LogP contribution >= 0.6 is 23.2 Å². The third-order valence-electron chi connectivity index (χ3n) is 9.82. The molecule has 2 amide bonds. The van der Waals surface area contributed by atoms with Crippen LogP contribution in [0.25, 0.3) is 0 Å². The monoisotopic (exact) mass is 833 g/mol. The Morgan fingerprint density at radius 3 is 2.07 bits per heavy atom.